The summed E-state index contributed by atoms with van der Waals surface area (Å²) in [6.07, 6.45) is 11.8. The summed E-state index contributed by atoms with van der Waals surface area (Å²) in [5.41, 5.74) is 2.48. The number of anilines is 1. The summed E-state index contributed by atoms with van der Waals surface area (Å²) in [7, 11) is 1.83. The summed E-state index contributed by atoms with van der Waals surface area (Å²) in [5.74, 6) is 0.816. The number of thiophene rings is 1. The number of hydrogen-bond donors (Lipinski definition) is 1. The lowest BCUT2D eigenvalue weighted by Crippen LogP contribution is -2.29. The molecule has 8 heteroatoms. The van der Waals surface area contributed by atoms with Gasteiger partial charge in [-0.3, -0.25) is 4.79 Å². The zero-order valence-electron chi connectivity index (χ0n) is 17.6. The van der Waals surface area contributed by atoms with Crippen molar-refractivity contribution in [2.24, 2.45) is 0 Å². The topological polar surface area (TPSA) is 71.0 Å². The van der Waals surface area contributed by atoms with Crippen LogP contribution in [0.25, 0.3) is 10.2 Å². The van der Waals surface area contributed by atoms with Crippen molar-refractivity contribution in [1.82, 2.24) is 19.9 Å². The maximum Gasteiger partial charge on any atom is 0.264 e. The Balaban J connectivity index is 1.54. The molecule has 3 aromatic rings. The van der Waals surface area contributed by atoms with E-state index >= 15 is 0 Å². The van der Waals surface area contributed by atoms with Gasteiger partial charge in [0.1, 0.15) is 22.0 Å². The molecule has 0 aliphatic heterocycles. The van der Waals surface area contributed by atoms with Gasteiger partial charge in [-0.25, -0.2) is 15.0 Å². The molecule has 4 rings (SSSR count). The first kappa shape index (κ1) is 20.9. The Morgan fingerprint density at radius 3 is 2.90 bits per heavy atom. The fraction of sp³-hybridized carbons (Fsp3) is 0.455. The number of allylic oxidation sites excluding steroid dienone is 1. The highest BCUT2D eigenvalue weighted by atomic mass is 32.1. The van der Waals surface area contributed by atoms with E-state index in [-0.39, 0.29) is 11.9 Å². The lowest BCUT2D eigenvalue weighted by Gasteiger charge is -2.23. The summed E-state index contributed by atoms with van der Waals surface area (Å²) in [4.78, 5) is 29.8. The van der Waals surface area contributed by atoms with Crippen LogP contribution >= 0.6 is 22.7 Å². The summed E-state index contributed by atoms with van der Waals surface area (Å²) in [6.45, 7) is 4.84. The van der Waals surface area contributed by atoms with E-state index in [1.54, 1.807) is 28.8 Å². The number of aryl methyl sites for hydroxylation is 1. The van der Waals surface area contributed by atoms with Gasteiger partial charge in [-0.1, -0.05) is 11.6 Å². The Kier molecular flexibility index (Phi) is 6.43. The predicted octanol–water partition coefficient (Wildman–Crippen LogP) is 5.59. The smallest absolute Gasteiger partial charge is 0.264 e. The lowest BCUT2D eigenvalue weighted by atomic mass is 9.97. The van der Waals surface area contributed by atoms with Gasteiger partial charge in [-0.2, -0.15) is 0 Å². The Bertz CT molecular complexity index is 1060. The van der Waals surface area contributed by atoms with E-state index < -0.39 is 0 Å². The second-order valence-electron chi connectivity index (χ2n) is 7.71. The number of thiazole rings is 1. The second kappa shape index (κ2) is 9.22. The van der Waals surface area contributed by atoms with E-state index in [0.29, 0.717) is 0 Å². The van der Waals surface area contributed by atoms with Gasteiger partial charge in [0.2, 0.25) is 0 Å². The van der Waals surface area contributed by atoms with Gasteiger partial charge in [0.05, 0.1) is 16.3 Å². The summed E-state index contributed by atoms with van der Waals surface area (Å²) >= 11 is 3.01. The van der Waals surface area contributed by atoms with Crippen LogP contribution in [0.1, 0.15) is 65.3 Å². The number of nitrogens with one attached hydrogen (secondary N) is 1. The maximum absolute atomic E-state index is 13.2. The van der Waals surface area contributed by atoms with Crippen LogP contribution in [-0.4, -0.2) is 39.4 Å². The van der Waals surface area contributed by atoms with Crippen molar-refractivity contribution in [3.05, 3.63) is 45.0 Å². The molecule has 30 heavy (non-hydrogen) atoms. The van der Waals surface area contributed by atoms with Crippen LogP contribution in [0.2, 0.25) is 0 Å². The van der Waals surface area contributed by atoms with Crippen LogP contribution in [0.5, 0.6) is 0 Å². The van der Waals surface area contributed by atoms with Gasteiger partial charge in [0.15, 0.2) is 0 Å². The predicted molar refractivity (Wildman–Crippen MR) is 124 cm³/mol. The maximum atomic E-state index is 13.2. The van der Waals surface area contributed by atoms with Crippen molar-refractivity contribution in [2.45, 2.75) is 52.0 Å². The molecule has 0 saturated carbocycles. The molecule has 158 valence electrons. The van der Waals surface area contributed by atoms with Crippen molar-refractivity contribution < 1.29 is 4.79 Å². The summed E-state index contributed by atoms with van der Waals surface area (Å²) in [6, 6.07) is -0.0745. The number of hydrogen-bond acceptors (Lipinski definition) is 7. The van der Waals surface area contributed by atoms with E-state index in [4.69, 9.17) is 0 Å². The molecule has 0 aromatic carbocycles. The van der Waals surface area contributed by atoms with Crippen LogP contribution in [0, 0.1) is 6.92 Å². The molecule has 1 atom stereocenters. The third-order valence-electron chi connectivity index (χ3n) is 5.75. The molecular weight excluding hydrogens is 414 g/mol. The Morgan fingerprint density at radius 1 is 1.30 bits per heavy atom. The molecule has 1 unspecified atom stereocenters. The summed E-state index contributed by atoms with van der Waals surface area (Å²) in [5, 5.41) is 7.31. The zero-order valence-corrected chi connectivity index (χ0v) is 19.3. The average Bonchev–Trinajstić information content (AvgIpc) is 3.42. The molecule has 0 fully saturated rings. The lowest BCUT2D eigenvalue weighted by molar-refractivity contribution is 0.0747. The van der Waals surface area contributed by atoms with Gasteiger partial charge in [-0.05, 0) is 51.5 Å². The molecule has 3 aromatic heterocycles. The van der Waals surface area contributed by atoms with Gasteiger partial charge in [0.25, 0.3) is 5.91 Å². The molecule has 0 saturated heterocycles. The van der Waals surface area contributed by atoms with E-state index in [2.05, 4.69) is 26.3 Å². The molecule has 1 amide bonds. The number of fused-ring (bicyclic) bond motifs is 1. The number of carbonyl (C=O) groups excluding carboxylic acids is 1. The largest absolute Gasteiger partial charge is 0.369 e. The molecule has 1 aliphatic rings. The number of carbonyl (C=O) groups is 1. The van der Waals surface area contributed by atoms with E-state index in [0.717, 1.165) is 44.4 Å². The van der Waals surface area contributed by atoms with Crippen LogP contribution in [0.4, 0.5) is 5.82 Å². The minimum Gasteiger partial charge on any atom is -0.369 e. The van der Waals surface area contributed by atoms with Crippen molar-refractivity contribution in [3.63, 3.8) is 0 Å². The molecular formula is C22H27N5OS2. The molecule has 1 N–H and O–H groups in total. The van der Waals surface area contributed by atoms with Crippen molar-refractivity contribution >= 4 is 44.6 Å². The Labute approximate surface area is 185 Å². The number of amides is 1. The third kappa shape index (κ3) is 4.25. The first-order chi connectivity index (χ1) is 14.6. The monoisotopic (exact) mass is 441 g/mol. The fourth-order valence-corrected chi connectivity index (χ4v) is 5.69. The molecule has 6 nitrogen and oxygen atoms in total. The highest BCUT2D eigenvalue weighted by Crippen LogP contribution is 2.35. The SMILES string of the molecule is Cc1c(C(=O)N(C)C(C)c2nccs2)sc2ncnc(NCCC3=CCCCC3)c12. The summed E-state index contributed by atoms with van der Waals surface area (Å²) < 4.78 is 0. The van der Waals surface area contributed by atoms with Gasteiger partial charge < -0.3 is 10.2 Å². The zero-order chi connectivity index (χ0) is 21.1. The molecule has 0 radical (unpaired) electrons. The first-order valence-corrected chi connectivity index (χ1v) is 12.1. The molecule has 3 heterocycles. The Morgan fingerprint density at radius 2 is 2.17 bits per heavy atom. The van der Waals surface area contributed by atoms with E-state index in [1.165, 1.54) is 42.6 Å². The molecule has 0 spiro atoms. The minimum atomic E-state index is -0.0745. The number of rotatable bonds is 7. The van der Waals surface area contributed by atoms with E-state index in [1.807, 2.05) is 26.3 Å². The van der Waals surface area contributed by atoms with Crippen LogP contribution in [0.3, 0.4) is 0 Å². The van der Waals surface area contributed by atoms with Crippen LogP contribution in [0.15, 0.2) is 29.6 Å². The number of nitrogens with zero attached hydrogens (tertiary/aromatic N) is 4. The van der Waals surface area contributed by atoms with Gasteiger partial charge in [-0.15, -0.1) is 22.7 Å². The van der Waals surface area contributed by atoms with Gasteiger partial charge in [0, 0.05) is 25.2 Å². The normalized spacial score (nSPS) is 15.1. The second-order valence-corrected chi connectivity index (χ2v) is 9.63. The highest BCUT2D eigenvalue weighted by molar-refractivity contribution is 7.20. The highest BCUT2D eigenvalue weighted by Gasteiger charge is 2.26. The third-order valence-corrected chi connectivity index (χ3v) is 7.89. The van der Waals surface area contributed by atoms with Crippen LogP contribution < -0.4 is 5.32 Å². The van der Waals surface area contributed by atoms with Crippen molar-refractivity contribution in [2.75, 3.05) is 18.9 Å². The minimum absolute atomic E-state index is 0.00323. The fourth-order valence-electron chi connectivity index (χ4n) is 3.83. The molecule has 0 bridgehead atoms. The van der Waals surface area contributed by atoms with Crippen LogP contribution in [-0.2, 0) is 0 Å². The first-order valence-electron chi connectivity index (χ1n) is 10.4. The van der Waals surface area contributed by atoms with Gasteiger partial charge >= 0.3 is 0 Å². The van der Waals surface area contributed by atoms with Crippen molar-refractivity contribution in [1.29, 1.82) is 0 Å². The van der Waals surface area contributed by atoms with Crippen molar-refractivity contribution in [3.8, 4) is 0 Å². The quantitative estimate of drug-likeness (QED) is 0.484. The number of aromatic nitrogens is 3. The van der Waals surface area contributed by atoms with E-state index in [9.17, 15) is 4.79 Å². The average molecular weight is 442 g/mol. The Hall–Kier alpha value is -2.32. The molecule has 1 aliphatic carbocycles. The standard InChI is InChI=1S/C22H27N5OS2/c1-14-17-19(23-10-9-16-7-5-4-6-8-16)25-13-26-21(17)30-18(14)22(28)27(3)15(2)20-24-11-12-29-20/h7,11-13,15H,4-6,8-10H2,1-3H3,(H,23,25,26).